The number of nitrogens with two attached hydrogens (primary N) is 1. The van der Waals surface area contributed by atoms with Gasteiger partial charge in [-0.1, -0.05) is 29.3 Å². The number of rotatable bonds is 1. The minimum atomic E-state index is -0.602. The number of anilines is 1. The van der Waals surface area contributed by atoms with Crippen LogP contribution in [0, 0.1) is 0 Å². The molecule has 0 aromatic heterocycles. The first-order valence-electron chi connectivity index (χ1n) is 3.51. The number of urea groups is 1. The van der Waals surface area contributed by atoms with Crippen molar-refractivity contribution in [3.63, 3.8) is 0 Å². The molecule has 0 aliphatic carbocycles. The van der Waals surface area contributed by atoms with Crippen LogP contribution in [0.15, 0.2) is 18.2 Å². The van der Waals surface area contributed by atoms with E-state index in [1.165, 1.54) is 11.9 Å². The van der Waals surface area contributed by atoms with E-state index in [4.69, 9.17) is 28.9 Å². The summed E-state index contributed by atoms with van der Waals surface area (Å²) >= 11 is 11.7. The number of carbonyl (C=O) groups is 1. The Labute approximate surface area is 86.0 Å². The lowest BCUT2D eigenvalue weighted by molar-refractivity contribution is 0.255. The zero-order chi connectivity index (χ0) is 10.0. The fraction of sp³-hybridized carbons (Fsp3) is 0.125. The summed E-state index contributed by atoms with van der Waals surface area (Å²) in [4.78, 5) is 12.0. The molecule has 0 aliphatic rings. The monoisotopic (exact) mass is 218 g/mol. The molecule has 2 N–H and O–H groups in total. The summed E-state index contributed by atoms with van der Waals surface area (Å²) in [5.74, 6) is 0. The summed E-state index contributed by atoms with van der Waals surface area (Å²) in [6.45, 7) is 0. The van der Waals surface area contributed by atoms with E-state index in [0.717, 1.165) is 0 Å². The first-order chi connectivity index (χ1) is 6.04. The summed E-state index contributed by atoms with van der Waals surface area (Å²) in [5, 5.41) is 0.794. The van der Waals surface area contributed by atoms with Crippen LogP contribution in [0.25, 0.3) is 0 Å². The van der Waals surface area contributed by atoms with Crippen LogP contribution in [0.2, 0.25) is 10.0 Å². The quantitative estimate of drug-likeness (QED) is 0.774. The van der Waals surface area contributed by atoms with E-state index in [0.29, 0.717) is 15.7 Å². The first kappa shape index (κ1) is 10.2. The number of primary amides is 1. The molecule has 0 saturated carbocycles. The standard InChI is InChI=1S/C8H8Cl2N2O/c1-12(8(11)13)7-5(9)3-2-4-6(7)10/h2-4H,1H3,(H2,11,13). The van der Waals surface area contributed by atoms with Crippen LogP contribution in [0.5, 0.6) is 0 Å². The highest BCUT2D eigenvalue weighted by molar-refractivity contribution is 6.39. The van der Waals surface area contributed by atoms with E-state index in [1.54, 1.807) is 18.2 Å². The number of hydrogen-bond donors (Lipinski definition) is 1. The second kappa shape index (κ2) is 3.85. The molecule has 0 fully saturated rings. The van der Waals surface area contributed by atoms with E-state index in [9.17, 15) is 4.79 Å². The minimum Gasteiger partial charge on any atom is -0.351 e. The number of benzene rings is 1. The molecular formula is C8H8Cl2N2O. The summed E-state index contributed by atoms with van der Waals surface area (Å²) in [6.07, 6.45) is 0. The van der Waals surface area contributed by atoms with Gasteiger partial charge in [0, 0.05) is 7.05 Å². The molecule has 0 radical (unpaired) electrons. The molecule has 0 bridgehead atoms. The molecular weight excluding hydrogens is 211 g/mol. The largest absolute Gasteiger partial charge is 0.351 e. The number of halogens is 2. The maximum Gasteiger partial charge on any atom is 0.319 e. The van der Waals surface area contributed by atoms with Crippen LogP contribution in [-0.2, 0) is 0 Å². The molecule has 0 heterocycles. The molecule has 13 heavy (non-hydrogen) atoms. The lowest BCUT2D eigenvalue weighted by atomic mass is 10.3. The zero-order valence-electron chi connectivity index (χ0n) is 6.92. The summed E-state index contributed by atoms with van der Waals surface area (Å²) < 4.78 is 0. The van der Waals surface area contributed by atoms with E-state index >= 15 is 0 Å². The number of carbonyl (C=O) groups excluding carboxylic acids is 1. The maximum absolute atomic E-state index is 10.8. The highest BCUT2D eigenvalue weighted by Gasteiger charge is 2.13. The average Bonchev–Trinajstić information content (AvgIpc) is 2.03. The van der Waals surface area contributed by atoms with Gasteiger partial charge >= 0.3 is 6.03 Å². The number of para-hydroxylation sites is 1. The van der Waals surface area contributed by atoms with Gasteiger partial charge in [-0.3, -0.25) is 4.90 Å². The zero-order valence-corrected chi connectivity index (χ0v) is 8.43. The molecule has 5 heteroatoms. The number of amides is 2. The van der Waals surface area contributed by atoms with Crippen LogP contribution in [0.1, 0.15) is 0 Å². The first-order valence-corrected chi connectivity index (χ1v) is 4.27. The lowest BCUT2D eigenvalue weighted by Crippen LogP contribution is -2.32. The van der Waals surface area contributed by atoms with Gasteiger partial charge in [0.2, 0.25) is 0 Å². The van der Waals surface area contributed by atoms with E-state index < -0.39 is 6.03 Å². The maximum atomic E-state index is 10.8. The van der Waals surface area contributed by atoms with Gasteiger partial charge in [0.25, 0.3) is 0 Å². The van der Waals surface area contributed by atoms with Gasteiger partial charge in [-0.05, 0) is 12.1 Å². The second-order valence-corrected chi connectivity index (χ2v) is 3.28. The van der Waals surface area contributed by atoms with E-state index in [-0.39, 0.29) is 0 Å². The van der Waals surface area contributed by atoms with Crippen molar-refractivity contribution in [1.29, 1.82) is 0 Å². The molecule has 0 unspecified atom stereocenters. The highest BCUT2D eigenvalue weighted by atomic mass is 35.5. The van der Waals surface area contributed by atoms with Crippen LogP contribution in [-0.4, -0.2) is 13.1 Å². The van der Waals surface area contributed by atoms with Gasteiger partial charge in [-0.25, -0.2) is 4.79 Å². The molecule has 0 atom stereocenters. The van der Waals surface area contributed by atoms with Crippen molar-refractivity contribution in [2.45, 2.75) is 0 Å². The predicted octanol–water partition coefficient (Wildman–Crippen LogP) is 2.51. The van der Waals surface area contributed by atoms with Gasteiger partial charge in [0.1, 0.15) is 0 Å². The second-order valence-electron chi connectivity index (χ2n) is 2.47. The third-order valence-corrected chi connectivity index (χ3v) is 2.21. The molecule has 1 rings (SSSR count). The van der Waals surface area contributed by atoms with Gasteiger partial charge in [0.15, 0.2) is 0 Å². The molecule has 0 aliphatic heterocycles. The molecule has 1 aromatic carbocycles. The van der Waals surface area contributed by atoms with Crippen LogP contribution in [0.3, 0.4) is 0 Å². The van der Waals surface area contributed by atoms with Crippen molar-refractivity contribution in [2.75, 3.05) is 11.9 Å². The summed E-state index contributed by atoms with van der Waals surface area (Å²) in [6, 6.07) is 4.38. The van der Waals surface area contributed by atoms with Crippen molar-refractivity contribution in [2.24, 2.45) is 5.73 Å². The normalized spacial score (nSPS) is 9.77. The Kier molecular flexibility index (Phi) is 3.01. The summed E-state index contributed by atoms with van der Waals surface area (Å²) in [7, 11) is 1.51. The van der Waals surface area contributed by atoms with Crippen molar-refractivity contribution in [1.82, 2.24) is 0 Å². The fourth-order valence-electron chi connectivity index (χ4n) is 0.920. The van der Waals surface area contributed by atoms with E-state index in [2.05, 4.69) is 0 Å². The van der Waals surface area contributed by atoms with Crippen molar-refractivity contribution in [3.05, 3.63) is 28.2 Å². The van der Waals surface area contributed by atoms with Crippen molar-refractivity contribution < 1.29 is 4.79 Å². The number of hydrogen-bond acceptors (Lipinski definition) is 1. The fourth-order valence-corrected chi connectivity index (χ4v) is 1.57. The molecule has 1 aromatic rings. The Morgan fingerprint density at radius 1 is 1.38 bits per heavy atom. The van der Waals surface area contributed by atoms with Crippen LogP contribution >= 0.6 is 23.2 Å². The Morgan fingerprint density at radius 3 is 2.23 bits per heavy atom. The van der Waals surface area contributed by atoms with Crippen molar-refractivity contribution >= 4 is 34.9 Å². The van der Waals surface area contributed by atoms with E-state index in [1.807, 2.05) is 0 Å². The predicted molar refractivity (Wildman–Crippen MR) is 54.4 cm³/mol. The van der Waals surface area contributed by atoms with Crippen LogP contribution in [0.4, 0.5) is 10.5 Å². The SMILES string of the molecule is CN(C(N)=O)c1c(Cl)cccc1Cl. The minimum absolute atomic E-state index is 0.397. The van der Waals surface area contributed by atoms with Gasteiger partial charge in [0.05, 0.1) is 15.7 Å². The topological polar surface area (TPSA) is 46.3 Å². The Bertz CT molecular complexity index is 321. The van der Waals surface area contributed by atoms with Gasteiger partial charge < -0.3 is 5.73 Å². The smallest absolute Gasteiger partial charge is 0.319 e. The molecule has 0 saturated heterocycles. The van der Waals surface area contributed by atoms with Crippen LogP contribution < -0.4 is 10.6 Å². The number of nitrogens with zero attached hydrogens (tertiary/aromatic N) is 1. The van der Waals surface area contributed by atoms with Gasteiger partial charge in [-0.2, -0.15) is 0 Å². The third-order valence-electron chi connectivity index (χ3n) is 1.60. The highest BCUT2D eigenvalue weighted by Crippen LogP contribution is 2.32. The lowest BCUT2D eigenvalue weighted by Gasteiger charge is -2.16. The summed E-state index contributed by atoms with van der Waals surface area (Å²) in [5.41, 5.74) is 5.50. The molecule has 3 nitrogen and oxygen atoms in total. The Balaban J connectivity index is 3.20. The Morgan fingerprint density at radius 2 is 1.85 bits per heavy atom. The van der Waals surface area contributed by atoms with Crippen molar-refractivity contribution in [3.8, 4) is 0 Å². The molecule has 70 valence electrons. The Hall–Kier alpha value is -0.930. The third kappa shape index (κ3) is 2.05. The van der Waals surface area contributed by atoms with Gasteiger partial charge in [-0.15, -0.1) is 0 Å². The molecule has 0 spiro atoms. The molecule has 2 amide bonds. The average molecular weight is 219 g/mol.